The molecule has 0 radical (unpaired) electrons. The van der Waals surface area contributed by atoms with E-state index in [9.17, 15) is 4.79 Å². The predicted octanol–water partition coefficient (Wildman–Crippen LogP) is 1.42. The third kappa shape index (κ3) is 3.78. The summed E-state index contributed by atoms with van der Waals surface area (Å²) in [6, 6.07) is 9.49. The fourth-order valence-corrected chi connectivity index (χ4v) is 3.00. The molecule has 0 saturated carbocycles. The van der Waals surface area contributed by atoms with Gasteiger partial charge in [-0.15, -0.1) is 5.10 Å². The topological polar surface area (TPSA) is 89.3 Å². The minimum atomic E-state index is -0.151. The number of amides is 1. The van der Waals surface area contributed by atoms with Crippen LogP contribution in [0.15, 0.2) is 48.9 Å². The van der Waals surface area contributed by atoms with Crippen LogP contribution in [0.1, 0.15) is 16.9 Å². The van der Waals surface area contributed by atoms with E-state index >= 15 is 0 Å². The average molecular weight is 379 g/mol. The highest BCUT2D eigenvalue weighted by atomic mass is 16.5. The quantitative estimate of drug-likeness (QED) is 0.662. The first-order valence-corrected chi connectivity index (χ1v) is 9.03. The number of likely N-dealkylation sites (tertiary alicyclic amines) is 1. The Balaban J connectivity index is 1.40. The highest BCUT2D eigenvalue weighted by Gasteiger charge is 2.30. The fraction of sp³-hybridized carbons (Fsp3) is 0.316. The van der Waals surface area contributed by atoms with Crippen LogP contribution in [-0.4, -0.2) is 69.1 Å². The molecule has 3 heterocycles. The van der Waals surface area contributed by atoms with Crippen molar-refractivity contribution >= 4 is 11.7 Å². The summed E-state index contributed by atoms with van der Waals surface area (Å²) in [4.78, 5) is 26.4. The normalized spacial score (nSPS) is 16.2. The highest BCUT2D eigenvalue weighted by Crippen LogP contribution is 2.19. The summed E-state index contributed by atoms with van der Waals surface area (Å²) in [5.41, 5.74) is 1.13. The average Bonchev–Trinajstić information content (AvgIpc) is 3.38. The van der Waals surface area contributed by atoms with Gasteiger partial charge in [-0.25, -0.2) is 0 Å². The molecule has 0 N–H and O–H groups in total. The van der Waals surface area contributed by atoms with Crippen LogP contribution >= 0.6 is 0 Å². The second-order valence-corrected chi connectivity index (χ2v) is 6.74. The number of nitrogens with zero attached hydrogens (tertiary/aromatic N) is 7. The molecule has 144 valence electrons. The number of aromatic nitrogens is 5. The zero-order valence-electron chi connectivity index (χ0n) is 15.8. The Bertz CT molecular complexity index is 958. The first kappa shape index (κ1) is 17.9. The van der Waals surface area contributed by atoms with Gasteiger partial charge >= 0.3 is 0 Å². The minimum absolute atomic E-state index is 0.125. The number of benzene rings is 1. The standard InChI is InChI=1S/C19H21N7O2/c1-24(2)17-11-20-12-18(22-17)28-15-8-9-25(13-15)19(27)16-10-21-26(23-16)14-6-4-3-5-7-14/h3-7,10-12,15H,8-9,13H2,1-2H3. The molecule has 9 heteroatoms. The molecule has 1 fully saturated rings. The van der Waals surface area contributed by atoms with Gasteiger partial charge in [0, 0.05) is 27.1 Å². The molecular weight excluding hydrogens is 358 g/mol. The number of carbonyl (C=O) groups is 1. The van der Waals surface area contributed by atoms with Crippen molar-refractivity contribution < 1.29 is 9.53 Å². The van der Waals surface area contributed by atoms with Crippen molar-refractivity contribution in [3.63, 3.8) is 0 Å². The van der Waals surface area contributed by atoms with E-state index in [4.69, 9.17) is 4.74 Å². The maximum atomic E-state index is 12.8. The van der Waals surface area contributed by atoms with Gasteiger partial charge in [-0.05, 0) is 12.1 Å². The van der Waals surface area contributed by atoms with Crippen molar-refractivity contribution in [2.24, 2.45) is 0 Å². The van der Waals surface area contributed by atoms with Crippen molar-refractivity contribution in [1.82, 2.24) is 29.9 Å². The third-order valence-electron chi connectivity index (χ3n) is 4.48. The van der Waals surface area contributed by atoms with E-state index in [1.165, 1.54) is 11.0 Å². The molecule has 1 aromatic carbocycles. The molecule has 1 unspecified atom stereocenters. The first-order valence-electron chi connectivity index (χ1n) is 9.03. The second kappa shape index (κ2) is 7.63. The van der Waals surface area contributed by atoms with Gasteiger partial charge in [0.25, 0.3) is 5.91 Å². The summed E-state index contributed by atoms with van der Waals surface area (Å²) in [6.45, 7) is 1.08. The molecular formula is C19H21N7O2. The fourth-order valence-electron chi connectivity index (χ4n) is 3.00. The minimum Gasteiger partial charge on any atom is -0.471 e. The Morgan fingerprint density at radius 1 is 1.18 bits per heavy atom. The Hall–Kier alpha value is -3.49. The monoisotopic (exact) mass is 379 g/mol. The summed E-state index contributed by atoms with van der Waals surface area (Å²) in [5.74, 6) is 1.03. The van der Waals surface area contributed by atoms with Crippen LogP contribution in [0, 0.1) is 0 Å². The van der Waals surface area contributed by atoms with Crippen molar-refractivity contribution in [3.05, 3.63) is 54.6 Å². The number of anilines is 1. The van der Waals surface area contributed by atoms with E-state index in [0.717, 1.165) is 17.9 Å². The number of para-hydroxylation sites is 1. The lowest BCUT2D eigenvalue weighted by molar-refractivity contribution is 0.0765. The van der Waals surface area contributed by atoms with Gasteiger partial charge in [-0.2, -0.15) is 14.9 Å². The molecule has 9 nitrogen and oxygen atoms in total. The molecule has 28 heavy (non-hydrogen) atoms. The lowest BCUT2D eigenvalue weighted by Crippen LogP contribution is -2.31. The third-order valence-corrected chi connectivity index (χ3v) is 4.48. The summed E-state index contributed by atoms with van der Waals surface area (Å²) < 4.78 is 5.92. The van der Waals surface area contributed by atoms with Gasteiger partial charge in [-0.1, -0.05) is 18.2 Å². The molecule has 0 spiro atoms. The van der Waals surface area contributed by atoms with Gasteiger partial charge < -0.3 is 14.5 Å². The van der Waals surface area contributed by atoms with E-state index in [2.05, 4.69) is 20.2 Å². The van der Waals surface area contributed by atoms with Crippen LogP contribution < -0.4 is 9.64 Å². The molecule has 1 saturated heterocycles. The zero-order valence-corrected chi connectivity index (χ0v) is 15.8. The molecule has 0 aliphatic carbocycles. The maximum absolute atomic E-state index is 12.8. The number of carbonyl (C=O) groups excluding carboxylic acids is 1. The Morgan fingerprint density at radius 3 is 2.79 bits per heavy atom. The van der Waals surface area contributed by atoms with Crippen LogP contribution in [0.5, 0.6) is 5.88 Å². The number of hydrogen-bond acceptors (Lipinski definition) is 7. The van der Waals surface area contributed by atoms with Gasteiger partial charge in [-0.3, -0.25) is 9.78 Å². The van der Waals surface area contributed by atoms with E-state index in [-0.39, 0.29) is 12.0 Å². The van der Waals surface area contributed by atoms with E-state index in [1.807, 2.05) is 49.3 Å². The Labute approximate surface area is 162 Å². The van der Waals surface area contributed by atoms with Crippen LogP contribution in [0.2, 0.25) is 0 Å². The summed E-state index contributed by atoms with van der Waals surface area (Å²) in [5, 5.41) is 8.51. The van der Waals surface area contributed by atoms with Crippen LogP contribution in [0.25, 0.3) is 5.69 Å². The molecule has 4 rings (SSSR count). The highest BCUT2D eigenvalue weighted by molar-refractivity contribution is 5.92. The molecule has 2 aromatic heterocycles. The molecule has 1 atom stereocenters. The molecule has 1 aliphatic rings. The number of ether oxygens (including phenoxy) is 1. The van der Waals surface area contributed by atoms with Gasteiger partial charge in [0.05, 0.1) is 30.8 Å². The lowest BCUT2D eigenvalue weighted by atomic mass is 10.3. The largest absolute Gasteiger partial charge is 0.471 e. The predicted molar refractivity (Wildman–Crippen MR) is 103 cm³/mol. The van der Waals surface area contributed by atoms with E-state index in [0.29, 0.717) is 24.7 Å². The number of rotatable bonds is 5. The van der Waals surface area contributed by atoms with Gasteiger partial charge in [0.15, 0.2) is 11.5 Å². The summed E-state index contributed by atoms with van der Waals surface area (Å²) in [6.07, 6.45) is 5.36. The van der Waals surface area contributed by atoms with E-state index in [1.54, 1.807) is 17.3 Å². The molecule has 1 aliphatic heterocycles. The van der Waals surface area contributed by atoms with Crippen molar-refractivity contribution in [3.8, 4) is 11.6 Å². The Kier molecular flexibility index (Phi) is 4.88. The zero-order chi connectivity index (χ0) is 19.5. The smallest absolute Gasteiger partial charge is 0.276 e. The first-order chi connectivity index (χ1) is 13.6. The SMILES string of the molecule is CN(C)c1cncc(OC2CCN(C(=O)c3cnn(-c4ccccc4)n3)C2)n1. The summed E-state index contributed by atoms with van der Waals surface area (Å²) >= 11 is 0. The van der Waals surface area contributed by atoms with Crippen molar-refractivity contribution in [2.75, 3.05) is 32.1 Å². The van der Waals surface area contributed by atoms with Gasteiger partial charge in [0.1, 0.15) is 6.10 Å². The number of hydrogen-bond donors (Lipinski definition) is 0. The Morgan fingerprint density at radius 2 is 2.00 bits per heavy atom. The van der Waals surface area contributed by atoms with Crippen molar-refractivity contribution in [1.29, 1.82) is 0 Å². The van der Waals surface area contributed by atoms with Crippen molar-refractivity contribution in [2.45, 2.75) is 12.5 Å². The lowest BCUT2D eigenvalue weighted by Gasteiger charge is -2.16. The summed E-state index contributed by atoms with van der Waals surface area (Å²) in [7, 11) is 3.79. The van der Waals surface area contributed by atoms with E-state index < -0.39 is 0 Å². The van der Waals surface area contributed by atoms with Gasteiger partial charge in [0.2, 0.25) is 5.88 Å². The van der Waals surface area contributed by atoms with Crippen LogP contribution in [-0.2, 0) is 0 Å². The molecule has 1 amide bonds. The van der Waals surface area contributed by atoms with Crippen LogP contribution in [0.4, 0.5) is 5.82 Å². The second-order valence-electron chi connectivity index (χ2n) is 6.74. The van der Waals surface area contributed by atoms with Crippen LogP contribution in [0.3, 0.4) is 0 Å². The molecule has 3 aromatic rings. The molecule has 0 bridgehead atoms. The maximum Gasteiger partial charge on any atom is 0.276 e.